The van der Waals surface area contributed by atoms with Crippen LogP contribution in [0.25, 0.3) is 0 Å². The van der Waals surface area contributed by atoms with E-state index in [2.05, 4.69) is 48.6 Å². The summed E-state index contributed by atoms with van der Waals surface area (Å²) in [5.74, 6) is 3.54. The molecule has 0 radical (unpaired) electrons. The van der Waals surface area contributed by atoms with Gasteiger partial charge in [-0.1, -0.05) is 61.4 Å². The molecule has 0 unspecified atom stereocenters. The molecule has 1 N–H and O–H groups in total. The Morgan fingerprint density at radius 3 is 2.27 bits per heavy atom. The zero-order valence-electron chi connectivity index (χ0n) is 17.9. The molecule has 11 heteroatoms. The van der Waals surface area contributed by atoms with E-state index in [9.17, 15) is 0 Å². The molecule has 0 aliphatic heterocycles. The Labute approximate surface area is 213 Å². The maximum Gasteiger partial charge on any atom is 0.299 e. The molecule has 0 saturated carbocycles. The smallest absolute Gasteiger partial charge is 0.299 e. The highest BCUT2D eigenvalue weighted by Gasteiger charge is 2.08. The van der Waals surface area contributed by atoms with Gasteiger partial charge in [0.1, 0.15) is 21.5 Å². The van der Waals surface area contributed by atoms with Crippen molar-refractivity contribution in [2.45, 2.75) is 19.8 Å². The standard InChI is InChI=1S/C22H22BrN5O2S3/c1-15-2-6-17(7-3-15)29-14-24-21-27-25-19(32-21)10-12-31-13-11-20-26-28-22(33-20)30-18-8-4-16(23)5-9-18/h2-9H,10-14H2,1H3,(H,24,27). The monoisotopic (exact) mass is 563 g/mol. The number of nitrogens with zero attached hydrogens (tertiary/aromatic N) is 4. The van der Waals surface area contributed by atoms with Crippen LogP contribution in [0, 0.1) is 6.92 Å². The fourth-order valence-electron chi connectivity index (χ4n) is 2.65. The normalized spacial score (nSPS) is 10.8. The number of rotatable bonds is 12. The summed E-state index contributed by atoms with van der Waals surface area (Å²) in [4.78, 5) is 0. The minimum absolute atomic E-state index is 0.363. The van der Waals surface area contributed by atoms with E-state index < -0.39 is 0 Å². The van der Waals surface area contributed by atoms with Crippen LogP contribution in [-0.4, -0.2) is 38.6 Å². The van der Waals surface area contributed by atoms with Crippen molar-refractivity contribution in [3.05, 3.63) is 68.6 Å². The summed E-state index contributed by atoms with van der Waals surface area (Å²) in [6.07, 6.45) is 1.75. The van der Waals surface area contributed by atoms with Crippen molar-refractivity contribution in [2.75, 3.05) is 23.6 Å². The first-order valence-corrected chi connectivity index (χ1v) is 13.8. The first-order valence-electron chi connectivity index (χ1n) is 10.2. The number of halogens is 1. The van der Waals surface area contributed by atoms with E-state index in [1.54, 1.807) is 11.3 Å². The fourth-order valence-corrected chi connectivity index (χ4v) is 5.48. The molecule has 2 aromatic heterocycles. The lowest BCUT2D eigenvalue weighted by Gasteiger charge is -2.06. The zero-order chi connectivity index (χ0) is 22.9. The third-order valence-corrected chi connectivity index (χ3v) is 7.65. The number of anilines is 1. The molecule has 0 amide bonds. The number of ether oxygens (including phenoxy) is 2. The minimum Gasteiger partial charge on any atom is -0.473 e. The Hall–Kier alpha value is -2.21. The molecule has 0 spiro atoms. The highest BCUT2D eigenvalue weighted by molar-refractivity contribution is 9.10. The van der Waals surface area contributed by atoms with Gasteiger partial charge in [0.05, 0.1) is 0 Å². The first-order chi connectivity index (χ1) is 16.1. The number of aryl methyl sites for hydroxylation is 3. The Morgan fingerprint density at radius 1 is 0.848 bits per heavy atom. The maximum absolute atomic E-state index is 5.75. The lowest BCUT2D eigenvalue weighted by Crippen LogP contribution is -2.08. The molecule has 2 aromatic carbocycles. The summed E-state index contributed by atoms with van der Waals surface area (Å²) < 4.78 is 12.4. The van der Waals surface area contributed by atoms with Crippen LogP contribution < -0.4 is 14.8 Å². The molecule has 0 aliphatic rings. The molecular formula is C22H22BrN5O2S3. The van der Waals surface area contributed by atoms with Crippen LogP contribution in [0.3, 0.4) is 0 Å². The van der Waals surface area contributed by atoms with Gasteiger partial charge in [-0.05, 0) is 54.8 Å². The number of hydrogen-bond acceptors (Lipinski definition) is 10. The van der Waals surface area contributed by atoms with Gasteiger partial charge < -0.3 is 14.8 Å². The third kappa shape index (κ3) is 7.95. The summed E-state index contributed by atoms with van der Waals surface area (Å²) >= 11 is 8.33. The molecule has 4 aromatic rings. The largest absolute Gasteiger partial charge is 0.473 e. The second kappa shape index (κ2) is 12.3. The predicted octanol–water partition coefficient (Wildman–Crippen LogP) is 6.22. The van der Waals surface area contributed by atoms with E-state index in [-0.39, 0.29) is 0 Å². The molecule has 7 nitrogen and oxygen atoms in total. The number of nitrogens with one attached hydrogen (secondary N) is 1. The van der Waals surface area contributed by atoms with Crippen molar-refractivity contribution in [2.24, 2.45) is 0 Å². The third-order valence-electron chi connectivity index (χ3n) is 4.34. The zero-order valence-corrected chi connectivity index (χ0v) is 21.9. The highest BCUT2D eigenvalue weighted by Crippen LogP contribution is 2.27. The van der Waals surface area contributed by atoms with Crippen LogP contribution in [0.1, 0.15) is 15.6 Å². The van der Waals surface area contributed by atoms with Crippen molar-refractivity contribution >= 4 is 55.5 Å². The minimum atomic E-state index is 0.363. The van der Waals surface area contributed by atoms with Crippen molar-refractivity contribution in [3.8, 4) is 16.7 Å². The molecule has 0 fully saturated rings. The van der Waals surface area contributed by atoms with Gasteiger partial charge in [0.15, 0.2) is 6.73 Å². The first kappa shape index (κ1) is 23.9. The lowest BCUT2D eigenvalue weighted by atomic mass is 10.2. The summed E-state index contributed by atoms with van der Waals surface area (Å²) in [6, 6.07) is 15.6. The van der Waals surface area contributed by atoms with Gasteiger partial charge in [0.2, 0.25) is 5.13 Å². The van der Waals surface area contributed by atoms with Gasteiger partial charge >= 0.3 is 0 Å². The van der Waals surface area contributed by atoms with Gasteiger partial charge in [0.25, 0.3) is 5.19 Å². The second-order valence-electron chi connectivity index (χ2n) is 6.91. The van der Waals surface area contributed by atoms with Crippen LogP contribution in [-0.2, 0) is 12.8 Å². The van der Waals surface area contributed by atoms with Gasteiger partial charge in [0, 0.05) is 17.3 Å². The molecule has 2 heterocycles. The molecule has 0 saturated heterocycles. The van der Waals surface area contributed by atoms with Crippen molar-refractivity contribution in [3.63, 3.8) is 0 Å². The molecule has 0 atom stereocenters. The molecular weight excluding hydrogens is 542 g/mol. The SMILES string of the molecule is Cc1ccc(OCNc2nnc(CCSCCc3nnc(Oc4ccc(Br)cc4)s3)s2)cc1. The van der Waals surface area contributed by atoms with E-state index in [0.717, 1.165) is 55.5 Å². The van der Waals surface area contributed by atoms with Gasteiger partial charge in [-0.15, -0.1) is 15.3 Å². The van der Waals surface area contributed by atoms with E-state index >= 15 is 0 Å². The number of thioether (sulfide) groups is 1. The van der Waals surface area contributed by atoms with E-state index in [1.165, 1.54) is 16.9 Å². The average molecular weight is 565 g/mol. The maximum atomic E-state index is 5.75. The molecule has 0 bridgehead atoms. The number of benzene rings is 2. The summed E-state index contributed by atoms with van der Waals surface area (Å²) in [5, 5.41) is 23.3. The molecule has 33 heavy (non-hydrogen) atoms. The Balaban J connectivity index is 1.10. The lowest BCUT2D eigenvalue weighted by molar-refractivity contribution is 0.346. The Bertz CT molecular complexity index is 1140. The topological polar surface area (TPSA) is 82.0 Å². The van der Waals surface area contributed by atoms with Gasteiger partial charge in [-0.25, -0.2) is 0 Å². The Kier molecular flexibility index (Phi) is 8.93. The van der Waals surface area contributed by atoms with Gasteiger partial charge in [-0.3, -0.25) is 0 Å². The predicted molar refractivity (Wildman–Crippen MR) is 139 cm³/mol. The van der Waals surface area contributed by atoms with Crippen LogP contribution in [0.15, 0.2) is 53.0 Å². The highest BCUT2D eigenvalue weighted by atomic mass is 79.9. The molecule has 0 aliphatic carbocycles. The summed E-state index contributed by atoms with van der Waals surface area (Å²) in [6.45, 7) is 2.42. The fraction of sp³-hybridized carbons (Fsp3) is 0.273. The van der Waals surface area contributed by atoms with Crippen molar-refractivity contribution in [1.29, 1.82) is 0 Å². The number of aromatic nitrogens is 4. The van der Waals surface area contributed by atoms with E-state index in [0.29, 0.717) is 11.9 Å². The second-order valence-corrected chi connectivity index (χ2v) is 11.1. The Morgan fingerprint density at radius 2 is 1.52 bits per heavy atom. The van der Waals surface area contributed by atoms with Crippen LogP contribution in [0.2, 0.25) is 0 Å². The average Bonchev–Trinajstić information content (AvgIpc) is 3.46. The van der Waals surface area contributed by atoms with Crippen LogP contribution in [0.4, 0.5) is 5.13 Å². The van der Waals surface area contributed by atoms with E-state index in [1.807, 2.05) is 60.3 Å². The molecule has 4 rings (SSSR count). The van der Waals surface area contributed by atoms with Crippen LogP contribution >= 0.6 is 50.4 Å². The van der Waals surface area contributed by atoms with E-state index in [4.69, 9.17) is 9.47 Å². The molecule has 172 valence electrons. The van der Waals surface area contributed by atoms with Gasteiger partial charge in [-0.2, -0.15) is 11.8 Å². The summed E-state index contributed by atoms with van der Waals surface area (Å²) in [5.41, 5.74) is 1.21. The number of hydrogen-bond donors (Lipinski definition) is 1. The van der Waals surface area contributed by atoms with Crippen molar-refractivity contribution < 1.29 is 9.47 Å². The van der Waals surface area contributed by atoms with Crippen LogP contribution in [0.5, 0.6) is 16.7 Å². The quantitative estimate of drug-likeness (QED) is 0.161. The van der Waals surface area contributed by atoms with Crippen molar-refractivity contribution in [1.82, 2.24) is 20.4 Å². The summed E-state index contributed by atoms with van der Waals surface area (Å²) in [7, 11) is 0.